The fourth-order valence-electron chi connectivity index (χ4n) is 1.52. The zero-order chi connectivity index (χ0) is 11.2. The van der Waals surface area contributed by atoms with Crippen LogP contribution in [0.2, 0.25) is 0 Å². The second-order valence-electron chi connectivity index (χ2n) is 3.62. The Morgan fingerprint density at radius 1 is 1.19 bits per heavy atom. The van der Waals surface area contributed by atoms with E-state index in [9.17, 15) is 0 Å². The highest BCUT2D eigenvalue weighted by molar-refractivity contribution is 5.15. The van der Waals surface area contributed by atoms with E-state index in [1.54, 1.807) is 0 Å². The highest BCUT2D eigenvalue weighted by Gasteiger charge is 2.04. The van der Waals surface area contributed by atoms with Crippen molar-refractivity contribution in [3.63, 3.8) is 0 Å². The maximum absolute atomic E-state index is 5.07. The van der Waals surface area contributed by atoms with E-state index in [0.29, 0.717) is 12.4 Å². The van der Waals surface area contributed by atoms with Gasteiger partial charge in [0.15, 0.2) is 5.82 Å². The van der Waals surface area contributed by atoms with Gasteiger partial charge >= 0.3 is 0 Å². The predicted molar refractivity (Wildman–Crippen MR) is 60.9 cm³/mol. The number of nitrogens with one attached hydrogen (secondary N) is 1. The molecule has 0 aliphatic heterocycles. The summed E-state index contributed by atoms with van der Waals surface area (Å²) in [7, 11) is 1.86. The summed E-state index contributed by atoms with van der Waals surface area (Å²) in [6, 6.07) is 10.3. The third kappa shape index (κ3) is 2.90. The van der Waals surface area contributed by atoms with Gasteiger partial charge in [0.2, 0.25) is 5.89 Å². The monoisotopic (exact) mass is 217 g/mol. The molecule has 0 saturated carbocycles. The third-order valence-electron chi connectivity index (χ3n) is 2.32. The Kier molecular flexibility index (Phi) is 3.66. The average Bonchev–Trinajstić information content (AvgIpc) is 2.76. The summed E-state index contributed by atoms with van der Waals surface area (Å²) in [6.07, 6.45) is 1.76. The highest BCUT2D eigenvalue weighted by atomic mass is 16.5. The lowest BCUT2D eigenvalue weighted by molar-refractivity contribution is 0.367. The number of rotatable bonds is 5. The largest absolute Gasteiger partial charge is 0.338 e. The molecule has 1 aromatic carbocycles. The summed E-state index contributed by atoms with van der Waals surface area (Å²) in [4.78, 5) is 4.27. The zero-order valence-corrected chi connectivity index (χ0v) is 9.31. The van der Waals surface area contributed by atoms with Gasteiger partial charge in [0.1, 0.15) is 0 Å². The summed E-state index contributed by atoms with van der Waals surface area (Å²) >= 11 is 0. The van der Waals surface area contributed by atoms with Crippen molar-refractivity contribution in [3.05, 3.63) is 47.6 Å². The summed E-state index contributed by atoms with van der Waals surface area (Å²) in [6.45, 7) is 0.623. The molecule has 0 amide bonds. The number of hydrogen-bond acceptors (Lipinski definition) is 4. The van der Waals surface area contributed by atoms with E-state index >= 15 is 0 Å². The zero-order valence-electron chi connectivity index (χ0n) is 9.31. The van der Waals surface area contributed by atoms with Gasteiger partial charge in [-0.3, -0.25) is 0 Å². The quantitative estimate of drug-likeness (QED) is 0.826. The van der Waals surface area contributed by atoms with Crippen LogP contribution in [0.15, 0.2) is 34.9 Å². The van der Waals surface area contributed by atoms with Gasteiger partial charge in [-0.25, -0.2) is 0 Å². The number of benzene rings is 1. The molecular formula is C12H15N3O. The maximum atomic E-state index is 5.07. The van der Waals surface area contributed by atoms with E-state index in [1.807, 2.05) is 25.2 Å². The first kappa shape index (κ1) is 10.8. The van der Waals surface area contributed by atoms with Crippen LogP contribution in [0.3, 0.4) is 0 Å². The lowest BCUT2D eigenvalue weighted by atomic mass is 10.1. The van der Waals surface area contributed by atoms with Crippen molar-refractivity contribution >= 4 is 0 Å². The maximum Gasteiger partial charge on any atom is 0.240 e. The van der Waals surface area contributed by atoms with Crippen molar-refractivity contribution in [2.24, 2.45) is 0 Å². The minimum atomic E-state index is 0.623. The molecule has 0 spiro atoms. The Morgan fingerprint density at radius 2 is 2.00 bits per heavy atom. The van der Waals surface area contributed by atoms with Crippen LogP contribution < -0.4 is 5.32 Å². The van der Waals surface area contributed by atoms with Crippen LogP contribution in [0.4, 0.5) is 0 Å². The van der Waals surface area contributed by atoms with Crippen LogP contribution in [0.5, 0.6) is 0 Å². The average molecular weight is 217 g/mol. The van der Waals surface area contributed by atoms with Gasteiger partial charge in [-0.05, 0) is 19.0 Å². The summed E-state index contributed by atoms with van der Waals surface area (Å²) in [5.41, 5.74) is 1.29. The Hall–Kier alpha value is -1.68. The van der Waals surface area contributed by atoms with Crippen molar-refractivity contribution in [1.29, 1.82) is 0 Å². The highest BCUT2D eigenvalue weighted by Crippen LogP contribution is 2.04. The van der Waals surface area contributed by atoms with Crippen LogP contribution in [0.1, 0.15) is 17.3 Å². The lowest BCUT2D eigenvalue weighted by Gasteiger charge is -1.96. The molecule has 84 valence electrons. The molecule has 0 radical (unpaired) electrons. The fourth-order valence-corrected chi connectivity index (χ4v) is 1.52. The molecule has 1 heterocycles. The van der Waals surface area contributed by atoms with Gasteiger partial charge in [0, 0.05) is 6.42 Å². The lowest BCUT2D eigenvalue weighted by Crippen LogP contribution is -2.05. The molecule has 2 aromatic rings. The van der Waals surface area contributed by atoms with E-state index in [4.69, 9.17) is 4.52 Å². The predicted octanol–water partition coefficient (Wildman–Crippen LogP) is 1.57. The van der Waals surface area contributed by atoms with Crippen LogP contribution >= 0.6 is 0 Å². The van der Waals surface area contributed by atoms with E-state index in [-0.39, 0.29) is 0 Å². The summed E-state index contributed by atoms with van der Waals surface area (Å²) in [5, 5.41) is 6.90. The minimum Gasteiger partial charge on any atom is -0.338 e. The number of hydrogen-bond donors (Lipinski definition) is 1. The molecule has 1 aromatic heterocycles. The molecule has 0 aliphatic rings. The second-order valence-corrected chi connectivity index (χ2v) is 3.62. The Labute approximate surface area is 94.7 Å². The summed E-state index contributed by atoms with van der Waals surface area (Å²) < 4.78 is 5.07. The Morgan fingerprint density at radius 3 is 2.75 bits per heavy atom. The molecule has 0 atom stereocenters. The fraction of sp³-hybridized carbons (Fsp3) is 0.333. The molecule has 4 heteroatoms. The van der Waals surface area contributed by atoms with E-state index in [2.05, 4.69) is 27.6 Å². The molecule has 0 unspecified atom stereocenters. The van der Waals surface area contributed by atoms with Crippen LogP contribution in [0, 0.1) is 0 Å². The molecule has 0 fully saturated rings. The standard InChI is InChI=1S/C12H15N3O/c1-13-9-12-14-11(15-16-12)8-7-10-5-3-2-4-6-10/h2-6,13H,7-9H2,1H3. The first-order valence-corrected chi connectivity index (χ1v) is 5.38. The van der Waals surface area contributed by atoms with E-state index in [1.165, 1.54) is 5.56 Å². The molecule has 0 bridgehead atoms. The van der Waals surface area contributed by atoms with E-state index < -0.39 is 0 Å². The van der Waals surface area contributed by atoms with Gasteiger partial charge < -0.3 is 9.84 Å². The Balaban J connectivity index is 1.89. The number of aromatic nitrogens is 2. The Bertz CT molecular complexity index is 425. The van der Waals surface area contributed by atoms with Crippen molar-refractivity contribution in [2.75, 3.05) is 7.05 Å². The molecule has 2 rings (SSSR count). The smallest absolute Gasteiger partial charge is 0.240 e. The number of aryl methyl sites for hydroxylation is 2. The van der Waals surface area contributed by atoms with Crippen molar-refractivity contribution in [2.45, 2.75) is 19.4 Å². The minimum absolute atomic E-state index is 0.623. The van der Waals surface area contributed by atoms with Crippen molar-refractivity contribution < 1.29 is 4.52 Å². The molecule has 0 saturated heterocycles. The van der Waals surface area contributed by atoms with E-state index in [0.717, 1.165) is 18.7 Å². The SMILES string of the molecule is CNCc1nc(CCc2ccccc2)no1. The third-order valence-corrected chi connectivity index (χ3v) is 2.32. The van der Waals surface area contributed by atoms with Gasteiger partial charge in [0.25, 0.3) is 0 Å². The summed E-state index contributed by atoms with van der Waals surface area (Å²) in [5.74, 6) is 1.42. The van der Waals surface area contributed by atoms with Gasteiger partial charge in [0.05, 0.1) is 6.54 Å². The molecule has 1 N–H and O–H groups in total. The normalized spacial score (nSPS) is 10.6. The van der Waals surface area contributed by atoms with Gasteiger partial charge in [-0.15, -0.1) is 0 Å². The van der Waals surface area contributed by atoms with Crippen LogP contribution in [-0.4, -0.2) is 17.2 Å². The van der Waals surface area contributed by atoms with Crippen molar-refractivity contribution in [3.8, 4) is 0 Å². The van der Waals surface area contributed by atoms with Gasteiger partial charge in [-0.1, -0.05) is 35.5 Å². The molecule has 16 heavy (non-hydrogen) atoms. The van der Waals surface area contributed by atoms with Gasteiger partial charge in [-0.2, -0.15) is 4.98 Å². The molecule has 0 aliphatic carbocycles. The topological polar surface area (TPSA) is 51.0 Å². The first-order valence-electron chi connectivity index (χ1n) is 5.38. The van der Waals surface area contributed by atoms with Crippen molar-refractivity contribution in [1.82, 2.24) is 15.5 Å². The second kappa shape index (κ2) is 5.42. The first-order chi connectivity index (χ1) is 7.88. The van der Waals surface area contributed by atoms with Crippen LogP contribution in [0.25, 0.3) is 0 Å². The molecular weight excluding hydrogens is 202 g/mol. The number of nitrogens with zero attached hydrogens (tertiary/aromatic N) is 2. The van der Waals surface area contributed by atoms with Crippen LogP contribution in [-0.2, 0) is 19.4 Å². The molecule has 4 nitrogen and oxygen atoms in total.